The molecule has 1 aliphatic rings. The largest absolute Gasteiger partial charge is 0.457 e. The molecular formula is C25H20ClF3N4O2. The number of rotatable bonds is 6. The van der Waals surface area contributed by atoms with Crippen LogP contribution >= 0.6 is 11.6 Å². The summed E-state index contributed by atoms with van der Waals surface area (Å²) in [5.41, 5.74) is 0.249. The molecule has 10 heteroatoms. The molecule has 1 aliphatic heterocycles. The van der Waals surface area contributed by atoms with Gasteiger partial charge in [0.2, 0.25) is 12.2 Å². The van der Waals surface area contributed by atoms with Crippen LogP contribution in [0.4, 0.5) is 18.9 Å². The Hall–Kier alpha value is -3.74. The van der Waals surface area contributed by atoms with Gasteiger partial charge in [-0.3, -0.25) is 0 Å². The Balaban J connectivity index is 1.70. The van der Waals surface area contributed by atoms with E-state index >= 15 is 0 Å². The summed E-state index contributed by atoms with van der Waals surface area (Å²) >= 11 is 5.90. The highest BCUT2D eigenvalue weighted by atomic mass is 35.5. The van der Waals surface area contributed by atoms with Crippen LogP contribution in [0.1, 0.15) is 17.2 Å². The molecule has 0 unspecified atom stereocenters. The van der Waals surface area contributed by atoms with Gasteiger partial charge in [-0.2, -0.15) is 18.4 Å². The van der Waals surface area contributed by atoms with Crippen molar-refractivity contribution in [3.8, 4) is 17.7 Å². The molecule has 1 saturated heterocycles. The Labute approximate surface area is 205 Å². The molecule has 0 saturated carbocycles. The van der Waals surface area contributed by atoms with Crippen molar-refractivity contribution in [2.45, 2.75) is 12.2 Å². The molecule has 1 heterocycles. The first-order valence-corrected chi connectivity index (χ1v) is 11.0. The second kappa shape index (κ2) is 10.3. The van der Waals surface area contributed by atoms with E-state index in [-0.39, 0.29) is 25.7 Å². The van der Waals surface area contributed by atoms with Crippen molar-refractivity contribution < 1.29 is 23.0 Å². The standard InChI is InChI=1S/C25H20ClF3N4O2/c26-19-4-8-21(9-5-19)35-22-10-6-20(7-11-22)33-23(15-32(12-13-34)24(33)31-16-30)17-2-1-3-18(14-17)25(27,28)29/h1-11,14,23,34H,12-13,15H2/b31-24-/t23-/m1/s1. The third kappa shape index (κ3) is 5.50. The number of nitriles is 1. The first-order valence-electron chi connectivity index (χ1n) is 10.6. The number of aliphatic hydroxyl groups excluding tert-OH is 1. The van der Waals surface area contributed by atoms with Gasteiger partial charge < -0.3 is 19.6 Å². The number of guanidine groups is 1. The number of aliphatic hydroxyl groups is 1. The summed E-state index contributed by atoms with van der Waals surface area (Å²) in [5, 5.41) is 19.4. The van der Waals surface area contributed by atoms with Crippen LogP contribution in [0.3, 0.4) is 0 Å². The minimum absolute atomic E-state index is 0.171. The van der Waals surface area contributed by atoms with Gasteiger partial charge in [-0.25, -0.2) is 0 Å². The van der Waals surface area contributed by atoms with Gasteiger partial charge in [0.25, 0.3) is 0 Å². The van der Waals surface area contributed by atoms with Gasteiger partial charge in [-0.05, 0) is 66.2 Å². The Kier molecular flexibility index (Phi) is 7.15. The normalized spacial score (nSPS) is 17.0. The van der Waals surface area contributed by atoms with E-state index in [2.05, 4.69) is 4.99 Å². The zero-order valence-corrected chi connectivity index (χ0v) is 19.0. The second-order valence-corrected chi connectivity index (χ2v) is 8.18. The molecule has 3 aromatic rings. The SMILES string of the molecule is N#C/N=C1/N(CCO)C[C@H](c2cccc(C(F)(F)F)c2)N1c1ccc(Oc2ccc(Cl)cc2)cc1. The van der Waals surface area contributed by atoms with Gasteiger partial charge >= 0.3 is 6.18 Å². The Morgan fingerprint density at radius 1 is 1.06 bits per heavy atom. The zero-order chi connectivity index (χ0) is 25.0. The highest BCUT2D eigenvalue weighted by molar-refractivity contribution is 6.30. The van der Waals surface area contributed by atoms with E-state index in [0.29, 0.717) is 27.8 Å². The highest BCUT2D eigenvalue weighted by Crippen LogP contribution is 2.38. The molecular weight excluding hydrogens is 481 g/mol. The molecule has 1 N–H and O–H groups in total. The Bertz CT molecular complexity index is 1240. The van der Waals surface area contributed by atoms with Gasteiger partial charge in [0, 0.05) is 23.8 Å². The summed E-state index contributed by atoms with van der Waals surface area (Å²) in [6.07, 6.45) is -2.73. The number of benzene rings is 3. The lowest BCUT2D eigenvalue weighted by Gasteiger charge is -2.26. The van der Waals surface area contributed by atoms with Crippen LogP contribution in [-0.4, -0.2) is 35.7 Å². The van der Waals surface area contributed by atoms with E-state index in [0.717, 1.165) is 12.1 Å². The Morgan fingerprint density at radius 2 is 1.71 bits per heavy atom. The van der Waals surface area contributed by atoms with Crippen LogP contribution in [0.25, 0.3) is 0 Å². The van der Waals surface area contributed by atoms with Crippen LogP contribution in [0.5, 0.6) is 11.5 Å². The Morgan fingerprint density at radius 3 is 2.31 bits per heavy atom. The van der Waals surface area contributed by atoms with Crippen LogP contribution in [-0.2, 0) is 6.18 Å². The number of ether oxygens (including phenoxy) is 1. The summed E-state index contributed by atoms with van der Waals surface area (Å²) in [6.45, 7) is 0.205. The summed E-state index contributed by atoms with van der Waals surface area (Å²) < 4.78 is 45.9. The molecule has 6 nitrogen and oxygen atoms in total. The van der Waals surface area contributed by atoms with Crippen LogP contribution in [0.15, 0.2) is 77.8 Å². The number of aliphatic imine (C=N–C) groups is 1. The molecule has 3 aromatic carbocycles. The number of halogens is 4. The number of anilines is 1. The zero-order valence-electron chi connectivity index (χ0n) is 18.3. The van der Waals surface area contributed by atoms with E-state index < -0.39 is 17.8 Å². The minimum Gasteiger partial charge on any atom is -0.457 e. The van der Waals surface area contributed by atoms with Crippen molar-refractivity contribution in [2.24, 2.45) is 4.99 Å². The molecule has 180 valence electrons. The van der Waals surface area contributed by atoms with Crippen LogP contribution in [0.2, 0.25) is 5.02 Å². The first kappa shape index (κ1) is 24.4. The molecule has 35 heavy (non-hydrogen) atoms. The van der Waals surface area contributed by atoms with Crippen molar-refractivity contribution in [3.05, 3.63) is 88.9 Å². The van der Waals surface area contributed by atoms with Gasteiger partial charge in [0.15, 0.2) is 0 Å². The quantitative estimate of drug-likeness (QED) is 0.430. The fourth-order valence-electron chi connectivity index (χ4n) is 3.93. The summed E-state index contributed by atoms with van der Waals surface area (Å²) in [7, 11) is 0. The van der Waals surface area contributed by atoms with Gasteiger partial charge in [0.1, 0.15) is 11.5 Å². The number of hydrogen-bond acceptors (Lipinski definition) is 4. The average molecular weight is 501 g/mol. The number of hydrogen-bond donors (Lipinski definition) is 1. The molecule has 0 bridgehead atoms. The molecule has 1 fully saturated rings. The van der Waals surface area contributed by atoms with E-state index in [1.165, 1.54) is 6.07 Å². The third-order valence-corrected chi connectivity index (χ3v) is 5.74. The van der Waals surface area contributed by atoms with Gasteiger partial charge in [-0.1, -0.05) is 23.7 Å². The minimum atomic E-state index is -4.49. The van der Waals surface area contributed by atoms with Crippen LogP contribution < -0.4 is 9.64 Å². The number of alkyl halides is 3. The van der Waals surface area contributed by atoms with Crippen molar-refractivity contribution >= 4 is 23.2 Å². The van der Waals surface area contributed by atoms with E-state index in [1.54, 1.807) is 70.6 Å². The summed E-state index contributed by atoms with van der Waals surface area (Å²) in [6, 6.07) is 18.3. The summed E-state index contributed by atoms with van der Waals surface area (Å²) in [4.78, 5) is 7.29. The van der Waals surface area contributed by atoms with Gasteiger partial charge in [-0.15, -0.1) is 4.99 Å². The van der Waals surface area contributed by atoms with E-state index in [4.69, 9.17) is 16.3 Å². The first-order chi connectivity index (χ1) is 16.8. The third-order valence-electron chi connectivity index (χ3n) is 5.49. The lowest BCUT2D eigenvalue weighted by atomic mass is 10.0. The monoisotopic (exact) mass is 500 g/mol. The predicted molar refractivity (Wildman–Crippen MR) is 126 cm³/mol. The maximum atomic E-state index is 13.4. The van der Waals surface area contributed by atoms with Crippen molar-refractivity contribution in [2.75, 3.05) is 24.6 Å². The fraction of sp³-hybridized carbons (Fsp3) is 0.200. The molecule has 0 spiro atoms. The molecule has 0 aliphatic carbocycles. The molecule has 0 aromatic heterocycles. The molecule has 1 atom stereocenters. The number of nitrogens with zero attached hydrogens (tertiary/aromatic N) is 4. The smallest absolute Gasteiger partial charge is 0.416 e. The lowest BCUT2D eigenvalue weighted by molar-refractivity contribution is -0.137. The predicted octanol–water partition coefficient (Wildman–Crippen LogP) is 5.84. The van der Waals surface area contributed by atoms with Crippen molar-refractivity contribution in [1.29, 1.82) is 5.26 Å². The molecule has 0 radical (unpaired) electrons. The maximum absolute atomic E-state index is 13.4. The topological polar surface area (TPSA) is 72.1 Å². The van der Waals surface area contributed by atoms with E-state index in [9.17, 15) is 23.5 Å². The lowest BCUT2D eigenvalue weighted by Crippen LogP contribution is -2.35. The van der Waals surface area contributed by atoms with E-state index in [1.807, 2.05) is 0 Å². The fourth-order valence-corrected chi connectivity index (χ4v) is 4.06. The summed E-state index contributed by atoms with van der Waals surface area (Å²) in [5.74, 6) is 1.37. The van der Waals surface area contributed by atoms with Crippen molar-refractivity contribution in [3.63, 3.8) is 0 Å². The van der Waals surface area contributed by atoms with Crippen molar-refractivity contribution in [1.82, 2.24) is 4.90 Å². The average Bonchev–Trinajstić information content (AvgIpc) is 3.19. The molecule has 4 rings (SSSR count). The number of β-amino-alcohol motifs (C(OH)–C–C–N with tert-alkyl or cyclic N) is 1. The second-order valence-electron chi connectivity index (χ2n) is 7.74. The maximum Gasteiger partial charge on any atom is 0.416 e. The highest BCUT2D eigenvalue weighted by Gasteiger charge is 2.39. The van der Waals surface area contributed by atoms with Crippen LogP contribution in [0, 0.1) is 11.5 Å². The van der Waals surface area contributed by atoms with Gasteiger partial charge in [0.05, 0.1) is 18.2 Å². The molecule has 0 amide bonds.